The van der Waals surface area contributed by atoms with E-state index in [4.69, 9.17) is 4.74 Å². The van der Waals surface area contributed by atoms with Gasteiger partial charge in [0.2, 0.25) is 0 Å². The van der Waals surface area contributed by atoms with Gasteiger partial charge >= 0.3 is 0 Å². The lowest BCUT2D eigenvalue weighted by molar-refractivity contribution is 0.131. The largest absolute Gasteiger partial charge is 0.488 e. The van der Waals surface area contributed by atoms with Gasteiger partial charge in [-0.25, -0.2) is 4.39 Å². The molecule has 3 heteroatoms. The summed E-state index contributed by atoms with van der Waals surface area (Å²) in [5.41, 5.74) is 1.41. The van der Waals surface area contributed by atoms with Gasteiger partial charge in [0.1, 0.15) is 17.2 Å². The third kappa shape index (κ3) is 4.28. The van der Waals surface area contributed by atoms with E-state index in [0.29, 0.717) is 0 Å². The molecule has 0 fully saturated rings. The van der Waals surface area contributed by atoms with Gasteiger partial charge in [0.15, 0.2) is 0 Å². The molecule has 0 radical (unpaired) electrons. The van der Waals surface area contributed by atoms with Crippen LogP contribution in [-0.4, -0.2) is 5.60 Å². The predicted octanol–water partition coefficient (Wildman–Crippen LogP) is 4.75. The first-order valence-corrected chi connectivity index (χ1v) is 6.24. The highest BCUT2D eigenvalue weighted by molar-refractivity contribution is 5.60. The molecule has 0 spiro atoms. The summed E-state index contributed by atoms with van der Waals surface area (Å²) in [6.45, 7) is 6.02. The highest BCUT2D eigenvalue weighted by Crippen LogP contribution is 2.23. The van der Waals surface area contributed by atoms with E-state index in [9.17, 15) is 4.39 Å². The Hall–Kier alpha value is -2.03. The zero-order valence-corrected chi connectivity index (χ0v) is 11.4. The van der Waals surface area contributed by atoms with Crippen LogP contribution >= 0.6 is 0 Å². The lowest BCUT2D eigenvalue weighted by Crippen LogP contribution is -2.22. The lowest BCUT2D eigenvalue weighted by Gasteiger charge is -2.21. The first kappa shape index (κ1) is 13.4. The van der Waals surface area contributed by atoms with Crippen molar-refractivity contribution in [1.82, 2.24) is 0 Å². The Morgan fingerprint density at radius 3 is 2.21 bits per heavy atom. The van der Waals surface area contributed by atoms with Gasteiger partial charge in [0.25, 0.3) is 0 Å². The summed E-state index contributed by atoms with van der Waals surface area (Å²) in [4.78, 5) is 0. The lowest BCUT2D eigenvalue weighted by atomic mass is 10.2. The molecular formula is C16H18FNO. The van der Waals surface area contributed by atoms with E-state index in [1.54, 1.807) is 6.07 Å². The highest BCUT2D eigenvalue weighted by Gasteiger charge is 2.11. The van der Waals surface area contributed by atoms with Crippen molar-refractivity contribution in [1.29, 1.82) is 0 Å². The Morgan fingerprint density at radius 2 is 1.63 bits per heavy atom. The number of hydrogen-bond donors (Lipinski definition) is 1. The van der Waals surface area contributed by atoms with Crippen molar-refractivity contribution < 1.29 is 9.13 Å². The standard InChI is InChI=1S/C16H18FNO/c1-16(2,3)19-15-9-7-13(8-10-15)18-14-6-4-5-12(17)11-14/h4-11,18H,1-3H3. The molecule has 2 aromatic rings. The normalized spacial score (nSPS) is 11.2. The predicted molar refractivity (Wildman–Crippen MR) is 76.5 cm³/mol. The van der Waals surface area contributed by atoms with Crippen molar-refractivity contribution >= 4 is 11.4 Å². The van der Waals surface area contributed by atoms with Crippen molar-refractivity contribution in [3.05, 3.63) is 54.3 Å². The number of hydrogen-bond acceptors (Lipinski definition) is 2. The molecule has 0 bridgehead atoms. The van der Waals surface area contributed by atoms with E-state index in [0.717, 1.165) is 17.1 Å². The Bertz CT molecular complexity index is 543. The minimum absolute atomic E-state index is 0.211. The van der Waals surface area contributed by atoms with Crippen LogP contribution < -0.4 is 10.1 Å². The van der Waals surface area contributed by atoms with E-state index in [2.05, 4.69) is 5.32 Å². The Balaban J connectivity index is 2.07. The fourth-order valence-electron chi connectivity index (χ4n) is 1.69. The molecule has 0 saturated heterocycles. The average Bonchev–Trinajstić information content (AvgIpc) is 2.30. The molecular weight excluding hydrogens is 241 g/mol. The number of ether oxygens (including phenoxy) is 1. The number of benzene rings is 2. The number of anilines is 2. The molecule has 2 aromatic carbocycles. The molecule has 0 aromatic heterocycles. The molecule has 19 heavy (non-hydrogen) atoms. The van der Waals surface area contributed by atoms with Crippen molar-refractivity contribution in [2.75, 3.05) is 5.32 Å². The van der Waals surface area contributed by atoms with Crippen molar-refractivity contribution in [3.63, 3.8) is 0 Å². The van der Waals surface area contributed by atoms with Crippen LogP contribution in [0.15, 0.2) is 48.5 Å². The topological polar surface area (TPSA) is 21.3 Å². The van der Waals surface area contributed by atoms with Crippen LogP contribution in [0.5, 0.6) is 5.75 Å². The molecule has 0 aliphatic rings. The minimum atomic E-state index is -0.252. The second-order valence-electron chi connectivity index (χ2n) is 5.37. The van der Waals surface area contributed by atoms with Crippen LogP contribution in [0.1, 0.15) is 20.8 Å². The third-order valence-corrected chi connectivity index (χ3v) is 2.39. The fraction of sp³-hybridized carbons (Fsp3) is 0.250. The van der Waals surface area contributed by atoms with Crippen LogP contribution in [0, 0.1) is 5.82 Å². The van der Waals surface area contributed by atoms with Gasteiger partial charge in [-0.2, -0.15) is 0 Å². The maximum atomic E-state index is 13.1. The van der Waals surface area contributed by atoms with Gasteiger partial charge in [-0.15, -0.1) is 0 Å². The molecule has 0 atom stereocenters. The average molecular weight is 259 g/mol. The number of rotatable bonds is 3. The quantitative estimate of drug-likeness (QED) is 0.859. The molecule has 0 amide bonds. The number of halogens is 1. The van der Waals surface area contributed by atoms with E-state index < -0.39 is 0 Å². The van der Waals surface area contributed by atoms with Crippen LogP contribution in [0.25, 0.3) is 0 Å². The van der Waals surface area contributed by atoms with Crippen LogP contribution in [-0.2, 0) is 0 Å². The summed E-state index contributed by atoms with van der Waals surface area (Å²) in [6, 6.07) is 14.0. The Kier molecular flexibility index (Phi) is 3.74. The highest BCUT2D eigenvalue weighted by atomic mass is 19.1. The van der Waals surface area contributed by atoms with Gasteiger partial charge in [-0.3, -0.25) is 0 Å². The first-order valence-electron chi connectivity index (χ1n) is 6.24. The summed E-state index contributed by atoms with van der Waals surface area (Å²) in [6.07, 6.45) is 0. The van der Waals surface area contributed by atoms with Gasteiger partial charge in [0, 0.05) is 11.4 Å². The molecule has 100 valence electrons. The monoisotopic (exact) mass is 259 g/mol. The number of nitrogens with one attached hydrogen (secondary N) is 1. The fourth-order valence-corrected chi connectivity index (χ4v) is 1.69. The zero-order chi connectivity index (χ0) is 13.9. The van der Waals surface area contributed by atoms with Crippen molar-refractivity contribution in [3.8, 4) is 5.75 Å². The van der Waals surface area contributed by atoms with Crippen LogP contribution in [0.4, 0.5) is 15.8 Å². The Labute approximate surface area is 113 Å². The van der Waals surface area contributed by atoms with Crippen molar-refractivity contribution in [2.24, 2.45) is 0 Å². The van der Waals surface area contributed by atoms with Gasteiger partial charge < -0.3 is 10.1 Å². The van der Waals surface area contributed by atoms with E-state index in [-0.39, 0.29) is 11.4 Å². The molecule has 2 nitrogen and oxygen atoms in total. The molecule has 2 rings (SSSR count). The zero-order valence-electron chi connectivity index (χ0n) is 11.4. The molecule has 1 N–H and O–H groups in total. The summed E-state index contributed by atoms with van der Waals surface area (Å²) < 4.78 is 18.8. The molecule has 0 unspecified atom stereocenters. The van der Waals surface area contributed by atoms with Gasteiger partial charge in [-0.05, 0) is 63.2 Å². The smallest absolute Gasteiger partial charge is 0.125 e. The van der Waals surface area contributed by atoms with Gasteiger partial charge in [0.05, 0.1) is 0 Å². The SMILES string of the molecule is CC(C)(C)Oc1ccc(Nc2cccc(F)c2)cc1. The molecule has 0 saturated carbocycles. The molecule has 0 aliphatic carbocycles. The summed E-state index contributed by atoms with van der Waals surface area (Å²) in [7, 11) is 0. The van der Waals surface area contributed by atoms with Gasteiger partial charge in [-0.1, -0.05) is 6.07 Å². The van der Waals surface area contributed by atoms with Crippen LogP contribution in [0.3, 0.4) is 0 Å². The Morgan fingerprint density at radius 1 is 0.947 bits per heavy atom. The van der Waals surface area contributed by atoms with Crippen molar-refractivity contribution in [2.45, 2.75) is 26.4 Å². The maximum Gasteiger partial charge on any atom is 0.125 e. The van der Waals surface area contributed by atoms with Crippen LogP contribution in [0.2, 0.25) is 0 Å². The third-order valence-electron chi connectivity index (χ3n) is 2.39. The second kappa shape index (κ2) is 5.31. The molecule has 0 aliphatic heterocycles. The second-order valence-corrected chi connectivity index (χ2v) is 5.37. The summed E-state index contributed by atoms with van der Waals surface area (Å²) >= 11 is 0. The minimum Gasteiger partial charge on any atom is -0.488 e. The first-order chi connectivity index (χ1) is 8.92. The summed E-state index contributed by atoms with van der Waals surface area (Å²) in [5.74, 6) is 0.565. The molecule has 0 heterocycles. The van der Waals surface area contributed by atoms with E-state index >= 15 is 0 Å². The van der Waals surface area contributed by atoms with E-state index in [1.807, 2.05) is 51.1 Å². The maximum absolute atomic E-state index is 13.1. The van der Waals surface area contributed by atoms with E-state index in [1.165, 1.54) is 12.1 Å². The summed E-state index contributed by atoms with van der Waals surface area (Å²) in [5, 5.41) is 3.14.